The van der Waals surface area contributed by atoms with Crippen molar-refractivity contribution in [3.63, 3.8) is 0 Å². The zero-order valence-electron chi connectivity index (χ0n) is 12.4. The molecule has 1 saturated heterocycles. The molecular weight excluding hydrogens is 264 g/mol. The lowest BCUT2D eigenvalue weighted by Gasteiger charge is -2.29. The Morgan fingerprint density at radius 2 is 2.10 bits per heavy atom. The van der Waals surface area contributed by atoms with E-state index in [1.54, 1.807) is 17.3 Å². The van der Waals surface area contributed by atoms with Gasteiger partial charge in [0.15, 0.2) is 0 Å². The van der Waals surface area contributed by atoms with Crippen molar-refractivity contribution in [1.82, 2.24) is 14.8 Å². The van der Waals surface area contributed by atoms with Gasteiger partial charge in [-0.1, -0.05) is 18.9 Å². The molecule has 1 fully saturated rings. The summed E-state index contributed by atoms with van der Waals surface area (Å²) in [4.78, 5) is 20.5. The highest BCUT2D eigenvalue weighted by atomic mass is 16.2. The van der Waals surface area contributed by atoms with Crippen LogP contribution in [0.5, 0.6) is 0 Å². The fraction of sp³-hybridized carbons (Fsp3) is 0.562. The van der Waals surface area contributed by atoms with Gasteiger partial charge >= 0.3 is 6.03 Å². The first-order valence-corrected chi connectivity index (χ1v) is 7.61. The average Bonchev–Trinajstić information content (AvgIpc) is 2.81. The molecular formula is C16H22N4O. The number of pyridine rings is 1. The van der Waals surface area contributed by atoms with Crippen LogP contribution in [0, 0.1) is 11.3 Å². The van der Waals surface area contributed by atoms with Crippen molar-refractivity contribution in [2.75, 3.05) is 19.6 Å². The molecule has 1 aliphatic heterocycles. The predicted molar refractivity (Wildman–Crippen MR) is 80.3 cm³/mol. The Bertz CT molecular complexity index is 475. The summed E-state index contributed by atoms with van der Waals surface area (Å²) in [6.45, 7) is 2.65. The molecule has 0 aromatic carbocycles. The standard InChI is InChI=1S/C16H22N4O/c17-8-6-12-20(14-15-7-5-9-18-13-15)16(21)19-10-3-1-2-4-11-19/h5,7,9,13H,1-4,6,10-12,14H2. The first-order valence-electron chi connectivity index (χ1n) is 7.61. The van der Waals surface area contributed by atoms with Crippen molar-refractivity contribution in [2.24, 2.45) is 0 Å². The third kappa shape index (κ3) is 4.75. The van der Waals surface area contributed by atoms with E-state index in [0.717, 1.165) is 31.5 Å². The number of carbonyl (C=O) groups is 1. The lowest BCUT2D eigenvalue weighted by molar-refractivity contribution is 0.152. The monoisotopic (exact) mass is 286 g/mol. The second-order valence-electron chi connectivity index (χ2n) is 5.37. The van der Waals surface area contributed by atoms with Crippen molar-refractivity contribution in [3.8, 4) is 6.07 Å². The van der Waals surface area contributed by atoms with Gasteiger partial charge in [0.2, 0.25) is 0 Å². The molecule has 0 unspecified atom stereocenters. The van der Waals surface area contributed by atoms with Crippen LogP contribution in [0.25, 0.3) is 0 Å². The SMILES string of the molecule is N#CCCN(Cc1cccnc1)C(=O)N1CCCCCC1. The molecule has 112 valence electrons. The number of amides is 2. The zero-order chi connectivity index (χ0) is 14.9. The summed E-state index contributed by atoms with van der Waals surface area (Å²) in [5.74, 6) is 0. The summed E-state index contributed by atoms with van der Waals surface area (Å²) < 4.78 is 0. The molecule has 1 aromatic rings. The molecule has 0 aliphatic carbocycles. The molecule has 2 amide bonds. The van der Waals surface area contributed by atoms with E-state index in [4.69, 9.17) is 5.26 Å². The number of nitriles is 1. The van der Waals surface area contributed by atoms with Crippen LogP contribution in [-0.4, -0.2) is 40.4 Å². The van der Waals surface area contributed by atoms with Crippen LogP contribution >= 0.6 is 0 Å². The molecule has 2 heterocycles. The van der Waals surface area contributed by atoms with E-state index < -0.39 is 0 Å². The minimum absolute atomic E-state index is 0.0519. The zero-order valence-corrected chi connectivity index (χ0v) is 12.4. The molecule has 1 aliphatic rings. The van der Waals surface area contributed by atoms with Crippen LogP contribution in [0.1, 0.15) is 37.7 Å². The summed E-state index contributed by atoms with van der Waals surface area (Å²) in [6, 6.07) is 6.01. The molecule has 21 heavy (non-hydrogen) atoms. The van der Waals surface area contributed by atoms with E-state index in [9.17, 15) is 4.79 Å². The van der Waals surface area contributed by atoms with Crippen LogP contribution in [0.4, 0.5) is 4.79 Å². The Kier molecular flexibility index (Phi) is 6.01. The third-order valence-corrected chi connectivity index (χ3v) is 3.74. The average molecular weight is 286 g/mol. The lowest BCUT2D eigenvalue weighted by atomic mass is 10.2. The normalized spacial score (nSPS) is 15.1. The maximum absolute atomic E-state index is 12.7. The molecule has 0 atom stereocenters. The Morgan fingerprint density at radius 1 is 1.33 bits per heavy atom. The van der Waals surface area contributed by atoms with Gasteiger partial charge < -0.3 is 9.80 Å². The van der Waals surface area contributed by atoms with Crippen molar-refractivity contribution < 1.29 is 4.79 Å². The Labute approximate surface area is 126 Å². The topological polar surface area (TPSA) is 60.2 Å². The minimum Gasteiger partial charge on any atom is -0.325 e. The molecule has 0 bridgehead atoms. The Hall–Kier alpha value is -2.09. The van der Waals surface area contributed by atoms with E-state index in [1.807, 2.05) is 17.0 Å². The molecule has 0 saturated carbocycles. The van der Waals surface area contributed by atoms with E-state index in [1.165, 1.54) is 12.8 Å². The highest BCUT2D eigenvalue weighted by Gasteiger charge is 2.21. The van der Waals surface area contributed by atoms with Crippen molar-refractivity contribution in [3.05, 3.63) is 30.1 Å². The molecule has 0 N–H and O–H groups in total. The molecule has 0 radical (unpaired) electrons. The first-order chi connectivity index (χ1) is 10.3. The van der Waals surface area contributed by atoms with E-state index in [2.05, 4.69) is 11.1 Å². The Morgan fingerprint density at radius 3 is 2.71 bits per heavy atom. The van der Waals surface area contributed by atoms with Gasteiger partial charge in [0, 0.05) is 38.6 Å². The molecule has 2 rings (SSSR count). The van der Waals surface area contributed by atoms with Gasteiger partial charge in [-0.25, -0.2) is 4.79 Å². The largest absolute Gasteiger partial charge is 0.325 e. The number of carbonyl (C=O) groups excluding carboxylic acids is 1. The van der Waals surface area contributed by atoms with Gasteiger partial charge in [-0.3, -0.25) is 4.98 Å². The molecule has 5 heteroatoms. The minimum atomic E-state index is 0.0519. The molecule has 0 spiro atoms. The summed E-state index contributed by atoms with van der Waals surface area (Å²) in [5, 5.41) is 8.80. The van der Waals surface area contributed by atoms with Crippen LogP contribution < -0.4 is 0 Å². The molecule has 5 nitrogen and oxygen atoms in total. The second-order valence-corrected chi connectivity index (χ2v) is 5.37. The highest BCUT2D eigenvalue weighted by molar-refractivity contribution is 5.74. The number of urea groups is 1. The van der Waals surface area contributed by atoms with E-state index in [0.29, 0.717) is 19.5 Å². The van der Waals surface area contributed by atoms with Gasteiger partial charge in [-0.05, 0) is 24.5 Å². The second kappa shape index (κ2) is 8.25. The van der Waals surface area contributed by atoms with E-state index in [-0.39, 0.29) is 6.03 Å². The fourth-order valence-electron chi connectivity index (χ4n) is 2.60. The van der Waals surface area contributed by atoms with Crippen molar-refractivity contribution in [1.29, 1.82) is 5.26 Å². The first kappa shape index (κ1) is 15.3. The quantitative estimate of drug-likeness (QED) is 0.855. The summed E-state index contributed by atoms with van der Waals surface area (Å²) in [7, 11) is 0. The van der Waals surface area contributed by atoms with Crippen LogP contribution in [0.3, 0.4) is 0 Å². The summed E-state index contributed by atoms with van der Waals surface area (Å²) in [6.07, 6.45) is 8.40. The van der Waals surface area contributed by atoms with E-state index >= 15 is 0 Å². The Balaban J connectivity index is 2.03. The maximum atomic E-state index is 12.7. The smallest absolute Gasteiger partial charge is 0.320 e. The summed E-state index contributed by atoms with van der Waals surface area (Å²) in [5.41, 5.74) is 0.999. The van der Waals surface area contributed by atoms with Crippen LogP contribution in [0.15, 0.2) is 24.5 Å². The molecule has 1 aromatic heterocycles. The maximum Gasteiger partial charge on any atom is 0.320 e. The van der Waals surface area contributed by atoms with Gasteiger partial charge in [0.05, 0.1) is 12.5 Å². The van der Waals surface area contributed by atoms with Gasteiger partial charge in [0.1, 0.15) is 0 Å². The number of rotatable bonds is 4. The van der Waals surface area contributed by atoms with Crippen molar-refractivity contribution in [2.45, 2.75) is 38.6 Å². The number of hydrogen-bond acceptors (Lipinski definition) is 3. The number of likely N-dealkylation sites (tertiary alicyclic amines) is 1. The van der Waals surface area contributed by atoms with Crippen molar-refractivity contribution >= 4 is 6.03 Å². The number of nitrogens with zero attached hydrogens (tertiary/aromatic N) is 4. The predicted octanol–water partition coefficient (Wildman–Crippen LogP) is 2.79. The number of hydrogen-bond donors (Lipinski definition) is 0. The van der Waals surface area contributed by atoms with Gasteiger partial charge in [0.25, 0.3) is 0 Å². The summed E-state index contributed by atoms with van der Waals surface area (Å²) >= 11 is 0. The number of aromatic nitrogens is 1. The van der Waals surface area contributed by atoms with Crippen LogP contribution in [-0.2, 0) is 6.54 Å². The lowest BCUT2D eigenvalue weighted by Crippen LogP contribution is -2.43. The highest BCUT2D eigenvalue weighted by Crippen LogP contribution is 2.14. The van der Waals surface area contributed by atoms with Crippen LogP contribution in [0.2, 0.25) is 0 Å². The fourth-order valence-corrected chi connectivity index (χ4v) is 2.60. The third-order valence-electron chi connectivity index (χ3n) is 3.74. The van der Waals surface area contributed by atoms with Gasteiger partial charge in [-0.2, -0.15) is 5.26 Å². The van der Waals surface area contributed by atoms with Gasteiger partial charge in [-0.15, -0.1) is 0 Å².